The van der Waals surface area contributed by atoms with Crippen molar-refractivity contribution in [1.82, 2.24) is 5.32 Å². The molecule has 0 aliphatic heterocycles. The second-order valence-corrected chi connectivity index (χ2v) is 4.65. The minimum Gasteiger partial charge on any atom is -0.381 e. The van der Waals surface area contributed by atoms with Crippen LogP contribution in [0.4, 0.5) is 0 Å². The van der Waals surface area contributed by atoms with Crippen LogP contribution in [-0.2, 0) is 13.1 Å². The Morgan fingerprint density at radius 1 is 1.05 bits per heavy atom. The van der Waals surface area contributed by atoms with Crippen LogP contribution in [0, 0.1) is 10.1 Å². The third-order valence-corrected chi connectivity index (χ3v) is 2.95. The Hall–Kier alpha value is -2.95. The van der Waals surface area contributed by atoms with Crippen LogP contribution in [0.15, 0.2) is 77.6 Å². The van der Waals surface area contributed by atoms with Crippen LogP contribution < -0.4 is 5.32 Å². The van der Waals surface area contributed by atoms with E-state index in [1.807, 2.05) is 60.7 Å². The molecule has 0 spiro atoms. The van der Waals surface area contributed by atoms with Gasteiger partial charge in [0.25, 0.3) is 0 Å². The molecule has 0 unspecified atom stereocenters. The van der Waals surface area contributed by atoms with Crippen molar-refractivity contribution >= 4 is 6.21 Å². The number of nitro groups is 1. The molecule has 2 aromatic rings. The Bertz CT molecular complexity index is 652. The fourth-order valence-electron chi connectivity index (χ4n) is 1.83. The van der Waals surface area contributed by atoms with E-state index in [1.165, 1.54) is 12.4 Å². The van der Waals surface area contributed by atoms with Gasteiger partial charge in [-0.2, -0.15) is 0 Å². The molecular formula is C17H17N3O2. The quantitative estimate of drug-likeness (QED) is 0.484. The van der Waals surface area contributed by atoms with Gasteiger partial charge in [0.05, 0.1) is 17.7 Å². The Morgan fingerprint density at radius 2 is 1.64 bits per heavy atom. The zero-order valence-corrected chi connectivity index (χ0v) is 12.1. The molecule has 0 amide bonds. The molecule has 0 heterocycles. The number of hydrogen-bond acceptors (Lipinski definition) is 4. The van der Waals surface area contributed by atoms with Crippen molar-refractivity contribution < 1.29 is 4.92 Å². The van der Waals surface area contributed by atoms with Crippen molar-refractivity contribution in [3.63, 3.8) is 0 Å². The van der Waals surface area contributed by atoms with E-state index in [0.717, 1.165) is 11.1 Å². The minimum atomic E-state index is -0.452. The Labute approximate surface area is 129 Å². The summed E-state index contributed by atoms with van der Waals surface area (Å²) in [5.41, 5.74) is 2.01. The molecule has 112 valence electrons. The highest BCUT2D eigenvalue weighted by molar-refractivity contribution is 5.75. The normalized spacial score (nSPS) is 11.5. The first kappa shape index (κ1) is 15.4. The summed E-state index contributed by atoms with van der Waals surface area (Å²) in [7, 11) is 0. The lowest BCUT2D eigenvalue weighted by molar-refractivity contribution is -0.414. The van der Waals surface area contributed by atoms with E-state index < -0.39 is 4.92 Å². The molecule has 0 radical (unpaired) electrons. The molecule has 0 aliphatic carbocycles. The predicted octanol–water partition coefficient (Wildman–Crippen LogP) is 3.17. The van der Waals surface area contributed by atoms with Gasteiger partial charge in [0.1, 0.15) is 6.21 Å². The number of hydrogen-bond donors (Lipinski definition) is 1. The summed E-state index contributed by atoms with van der Waals surface area (Å²) < 4.78 is 0. The highest BCUT2D eigenvalue weighted by Crippen LogP contribution is 2.01. The van der Waals surface area contributed by atoms with Gasteiger partial charge in [-0.15, -0.1) is 0 Å². The smallest absolute Gasteiger partial charge is 0.302 e. The van der Waals surface area contributed by atoms with E-state index in [-0.39, 0.29) is 5.70 Å². The average Bonchev–Trinajstić information content (AvgIpc) is 2.55. The minimum absolute atomic E-state index is 0.0631. The number of benzene rings is 2. The Morgan fingerprint density at radius 3 is 2.23 bits per heavy atom. The number of rotatable bonds is 7. The van der Waals surface area contributed by atoms with Crippen LogP contribution in [0.1, 0.15) is 11.1 Å². The molecule has 0 atom stereocenters. The van der Waals surface area contributed by atoms with E-state index in [1.54, 1.807) is 0 Å². The van der Waals surface area contributed by atoms with Crippen molar-refractivity contribution in [3.05, 3.63) is 93.8 Å². The fraction of sp³-hybridized carbons (Fsp3) is 0.118. The fourth-order valence-corrected chi connectivity index (χ4v) is 1.83. The van der Waals surface area contributed by atoms with E-state index in [9.17, 15) is 10.1 Å². The monoisotopic (exact) mass is 295 g/mol. The van der Waals surface area contributed by atoms with Crippen LogP contribution in [-0.4, -0.2) is 11.1 Å². The first-order valence-corrected chi connectivity index (χ1v) is 6.91. The number of allylic oxidation sites excluding steroid dienone is 1. The lowest BCUT2D eigenvalue weighted by Gasteiger charge is -2.00. The van der Waals surface area contributed by atoms with Gasteiger partial charge in [0.15, 0.2) is 0 Å². The molecule has 0 fully saturated rings. The first-order valence-electron chi connectivity index (χ1n) is 6.91. The molecule has 5 heteroatoms. The number of aliphatic imine (C=N–C) groups is 1. The zero-order chi connectivity index (χ0) is 15.6. The average molecular weight is 295 g/mol. The molecule has 5 nitrogen and oxygen atoms in total. The number of nitrogens with one attached hydrogen (secondary N) is 1. The van der Waals surface area contributed by atoms with Gasteiger partial charge in [-0.3, -0.25) is 15.1 Å². The summed E-state index contributed by atoms with van der Waals surface area (Å²) in [6.45, 7) is 0.954. The SMILES string of the molecule is O=[N+]([O-])C(C=NCc1ccccc1)=CNCc1ccccc1. The van der Waals surface area contributed by atoms with Crippen molar-refractivity contribution in [2.45, 2.75) is 13.1 Å². The molecule has 0 aliphatic rings. The maximum atomic E-state index is 11.0. The predicted molar refractivity (Wildman–Crippen MR) is 87.0 cm³/mol. The van der Waals surface area contributed by atoms with E-state index in [2.05, 4.69) is 10.3 Å². The largest absolute Gasteiger partial charge is 0.381 e. The molecule has 1 N–H and O–H groups in total. The van der Waals surface area contributed by atoms with Gasteiger partial charge in [0.2, 0.25) is 0 Å². The van der Waals surface area contributed by atoms with Crippen LogP contribution in [0.3, 0.4) is 0 Å². The van der Waals surface area contributed by atoms with Crippen molar-refractivity contribution in [1.29, 1.82) is 0 Å². The third-order valence-electron chi connectivity index (χ3n) is 2.95. The van der Waals surface area contributed by atoms with Crippen LogP contribution in [0.5, 0.6) is 0 Å². The number of nitrogens with zero attached hydrogens (tertiary/aromatic N) is 2. The maximum Gasteiger partial charge on any atom is 0.302 e. The van der Waals surface area contributed by atoms with E-state index in [0.29, 0.717) is 13.1 Å². The summed E-state index contributed by atoms with van der Waals surface area (Å²) in [6.07, 6.45) is 2.66. The van der Waals surface area contributed by atoms with Crippen LogP contribution >= 0.6 is 0 Å². The molecule has 0 saturated carbocycles. The molecule has 0 bridgehead atoms. The molecular weight excluding hydrogens is 278 g/mol. The molecule has 2 rings (SSSR count). The van der Waals surface area contributed by atoms with Gasteiger partial charge in [-0.05, 0) is 11.1 Å². The third kappa shape index (κ3) is 5.20. The highest BCUT2D eigenvalue weighted by Gasteiger charge is 2.06. The van der Waals surface area contributed by atoms with Crippen molar-refractivity contribution in [2.24, 2.45) is 4.99 Å². The van der Waals surface area contributed by atoms with Gasteiger partial charge in [-0.25, -0.2) is 0 Å². The van der Waals surface area contributed by atoms with E-state index in [4.69, 9.17) is 0 Å². The Balaban J connectivity index is 1.91. The van der Waals surface area contributed by atoms with Gasteiger partial charge in [-0.1, -0.05) is 60.7 Å². The van der Waals surface area contributed by atoms with Crippen LogP contribution in [0.2, 0.25) is 0 Å². The molecule has 0 aromatic heterocycles. The molecule has 0 saturated heterocycles. The summed E-state index contributed by atoms with van der Waals surface area (Å²) in [5.74, 6) is 0. The summed E-state index contributed by atoms with van der Waals surface area (Å²) in [6, 6.07) is 19.3. The van der Waals surface area contributed by atoms with Gasteiger partial charge < -0.3 is 5.32 Å². The van der Waals surface area contributed by atoms with Crippen molar-refractivity contribution in [2.75, 3.05) is 0 Å². The highest BCUT2D eigenvalue weighted by atomic mass is 16.6. The first-order chi connectivity index (χ1) is 10.8. The standard InChI is InChI=1S/C17H17N3O2/c21-20(22)17(13-18-11-15-7-3-1-4-8-15)14-19-12-16-9-5-2-6-10-16/h1-10,13-14,18H,11-12H2. The van der Waals surface area contributed by atoms with Gasteiger partial charge >= 0.3 is 5.70 Å². The second-order valence-electron chi connectivity index (χ2n) is 4.65. The summed E-state index contributed by atoms with van der Waals surface area (Å²) in [4.78, 5) is 14.7. The van der Waals surface area contributed by atoms with Gasteiger partial charge in [0, 0.05) is 6.54 Å². The summed E-state index contributed by atoms with van der Waals surface area (Å²) in [5, 5.41) is 13.9. The Kier molecular flexibility index (Phi) is 5.87. The lowest BCUT2D eigenvalue weighted by Crippen LogP contribution is -2.10. The molecule has 2 aromatic carbocycles. The topological polar surface area (TPSA) is 67.5 Å². The maximum absolute atomic E-state index is 11.0. The lowest BCUT2D eigenvalue weighted by atomic mass is 10.2. The molecule has 22 heavy (non-hydrogen) atoms. The van der Waals surface area contributed by atoms with E-state index >= 15 is 0 Å². The van der Waals surface area contributed by atoms with Crippen molar-refractivity contribution in [3.8, 4) is 0 Å². The zero-order valence-electron chi connectivity index (χ0n) is 12.1. The van der Waals surface area contributed by atoms with Crippen LogP contribution in [0.25, 0.3) is 0 Å². The summed E-state index contributed by atoms with van der Waals surface area (Å²) >= 11 is 0. The second kappa shape index (κ2) is 8.36.